The van der Waals surface area contributed by atoms with Crippen molar-refractivity contribution in [3.05, 3.63) is 17.7 Å². The van der Waals surface area contributed by atoms with Gasteiger partial charge in [-0.3, -0.25) is 4.79 Å². The summed E-state index contributed by atoms with van der Waals surface area (Å²) in [6, 6.07) is 3.47. The van der Waals surface area contributed by atoms with Crippen LogP contribution in [0.15, 0.2) is 17.2 Å². The predicted octanol–water partition coefficient (Wildman–Crippen LogP) is 2.04. The molecule has 0 aromatic heterocycles. The Kier molecular flexibility index (Phi) is 7.53. The quantitative estimate of drug-likeness (QED) is 0.574. The largest absolute Gasteiger partial charge is 0.496 e. The fraction of sp³-hybridized carbons (Fsp3) is 0.556. The number of rotatable bonds is 8. The first-order valence-electron chi connectivity index (χ1n) is 8.52. The van der Waals surface area contributed by atoms with Gasteiger partial charge in [0.2, 0.25) is 5.91 Å². The van der Waals surface area contributed by atoms with Gasteiger partial charge in [-0.15, -0.1) is 0 Å². The highest BCUT2D eigenvalue weighted by Crippen LogP contribution is 2.33. The molecular weight excluding hydrogens is 322 g/mol. The summed E-state index contributed by atoms with van der Waals surface area (Å²) in [4.78, 5) is 14.3. The van der Waals surface area contributed by atoms with Gasteiger partial charge in [-0.2, -0.15) is 5.10 Å². The maximum absolute atomic E-state index is 11.9. The molecule has 1 aromatic carbocycles. The summed E-state index contributed by atoms with van der Waals surface area (Å²) in [6.07, 6.45) is 5.72. The Morgan fingerprint density at radius 3 is 2.36 bits per heavy atom. The zero-order valence-electron chi connectivity index (χ0n) is 15.2. The van der Waals surface area contributed by atoms with Crippen LogP contribution in [-0.4, -0.2) is 58.0 Å². The van der Waals surface area contributed by atoms with Crippen molar-refractivity contribution < 1.29 is 19.0 Å². The fourth-order valence-electron chi connectivity index (χ4n) is 2.83. The second-order valence-corrected chi connectivity index (χ2v) is 5.89. The van der Waals surface area contributed by atoms with Crippen molar-refractivity contribution in [2.24, 2.45) is 5.10 Å². The Morgan fingerprint density at radius 1 is 1.08 bits per heavy atom. The normalized spacial score (nSPS) is 15.2. The van der Waals surface area contributed by atoms with Gasteiger partial charge in [0.15, 0.2) is 11.5 Å². The molecular formula is C18H27N3O4. The lowest BCUT2D eigenvalue weighted by atomic mass is 10.1. The van der Waals surface area contributed by atoms with Gasteiger partial charge >= 0.3 is 0 Å². The maximum atomic E-state index is 11.9. The van der Waals surface area contributed by atoms with Gasteiger partial charge in [-0.1, -0.05) is 6.42 Å². The highest BCUT2D eigenvalue weighted by molar-refractivity contribution is 5.86. The summed E-state index contributed by atoms with van der Waals surface area (Å²) in [5.74, 6) is 1.63. The average molecular weight is 349 g/mol. The standard InChI is InChI=1S/C18H27N3O4/c1-23-15-12-17(25-3)16(24-2)11-14(15)13-19-20-18(22)7-10-21-8-5-4-6-9-21/h11-13H,4-10H2,1-3H3,(H,20,22)/b19-13+. The van der Waals surface area contributed by atoms with E-state index in [1.54, 1.807) is 39.7 Å². The SMILES string of the molecule is COc1cc(OC)c(OC)cc1/C=N/NC(=O)CCN1CCCCC1. The fourth-order valence-corrected chi connectivity index (χ4v) is 2.83. The van der Waals surface area contributed by atoms with E-state index in [2.05, 4.69) is 15.4 Å². The summed E-state index contributed by atoms with van der Waals surface area (Å²) in [6.45, 7) is 2.94. The minimum absolute atomic E-state index is 0.0960. The molecule has 2 rings (SSSR count). The van der Waals surface area contributed by atoms with Crippen LogP contribution in [0.1, 0.15) is 31.2 Å². The molecule has 1 amide bonds. The van der Waals surface area contributed by atoms with Crippen molar-refractivity contribution in [1.29, 1.82) is 0 Å². The van der Waals surface area contributed by atoms with Gasteiger partial charge < -0.3 is 19.1 Å². The Balaban J connectivity index is 1.90. The minimum atomic E-state index is -0.0960. The van der Waals surface area contributed by atoms with E-state index in [-0.39, 0.29) is 5.91 Å². The summed E-state index contributed by atoms with van der Waals surface area (Å²) in [5, 5.41) is 4.03. The van der Waals surface area contributed by atoms with Crippen molar-refractivity contribution in [3.63, 3.8) is 0 Å². The highest BCUT2D eigenvalue weighted by atomic mass is 16.5. The minimum Gasteiger partial charge on any atom is -0.496 e. The van der Waals surface area contributed by atoms with E-state index in [4.69, 9.17) is 14.2 Å². The topological polar surface area (TPSA) is 72.4 Å². The van der Waals surface area contributed by atoms with E-state index in [1.807, 2.05) is 0 Å². The molecule has 1 fully saturated rings. The van der Waals surface area contributed by atoms with Crippen molar-refractivity contribution in [3.8, 4) is 17.2 Å². The molecule has 0 aliphatic carbocycles. The second kappa shape index (κ2) is 9.88. The number of carbonyl (C=O) groups is 1. The lowest BCUT2D eigenvalue weighted by Crippen LogP contribution is -2.33. The van der Waals surface area contributed by atoms with Gasteiger partial charge in [0, 0.05) is 24.6 Å². The number of methoxy groups -OCH3 is 3. The molecule has 7 nitrogen and oxygen atoms in total. The molecule has 25 heavy (non-hydrogen) atoms. The monoisotopic (exact) mass is 349 g/mol. The number of hydrogen-bond donors (Lipinski definition) is 1. The predicted molar refractivity (Wildman–Crippen MR) is 96.7 cm³/mol. The molecule has 0 saturated carbocycles. The highest BCUT2D eigenvalue weighted by Gasteiger charge is 2.12. The third-order valence-corrected chi connectivity index (χ3v) is 4.23. The first-order valence-corrected chi connectivity index (χ1v) is 8.52. The lowest BCUT2D eigenvalue weighted by molar-refractivity contribution is -0.121. The van der Waals surface area contributed by atoms with E-state index >= 15 is 0 Å². The van der Waals surface area contributed by atoms with Gasteiger partial charge in [0.05, 0.1) is 27.5 Å². The summed E-state index contributed by atoms with van der Waals surface area (Å²) < 4.78 is 15.8. The zero-order valence-corrected chi connectivity index (χ0v) is 15.2. The number of hydrazone groups is 1. The molecule has 138 valence electrons. The number of nitrogens with one attached hydrogen (secondary N) is 1. The molecule has 7 heteroatoms. The van der Waals surface area contributed by atoms with Gasteiger partial charge in [0.1, 0.15) is 5.75 Å². The van der Waals surface area contributed by atoms with Crippen LogP contribution in [0.4, 0.5) is 0 Å². The molecule has 0 spiro atoms. The number of likely N-dealkylation sites (tertiary alicyclic amines) is 1. The number of carbonyl (C=O) groups excluding carboxylic acids is 1. The molecule has 1 aliphatic heterocycles. The van der Waals surface area contributed by atoms with E-state index in [0.29, 0.717) is 29.2 Å². The molecule has 0 atom stereocenters. The Morgan fingerprint density at radius 2 is 1.72 bits per heavy atom. The van der Waals surface area contributed by atoms with Crippen LogP contribution in [0, 0.1) is 0 Å². The molecule has 1 saturated heterocycles. The smallest absolute Gasteiger partial charge is 0.241 e. The van der Waals surface area contributed by atoms with E-state index in [1.165, 1.54) is 19.3 Å². The van der Waals surface area contributed by atoms with Crippen LogP contribution >= 0.6 is 0 Å². The van der Waals surface area contributed by atoms with Crippen LogP contribution in [0.2, 0.25) is 0 Å². The van der Waals surface area contributed by atoms with Gasteiger partial charge in [-0.05, 0) is 32.0 Å². The summed E-state index contributed by atoms with van der Waals surface area (Å²) in [7, 11) is 4.69. The third kappa shape index (κ3) is 5.63. The van der Waals surface area contributed by atoms with Crippen molar-refractivity contribution >= 4 is 12.1 Å². The molecule has 0 bridgehead atoms. The summed E-state index contributed by atoms with van der Waals surface area (Å²) in [5.41, 5.74) is 3.26. The number of piperidine rings is 1. The molecule has 1 heterocycles. The van der Waals surface area contributed by atoms with Gasteiger partial charge in [-0.25, -0.2) is 5.43 Å². The molecule has 1 N–H and O–H groups in total. The first-order chi connectivity index (χ1) is 12.2. The van der Waals surface area contributed by atoms with Crippen LogP contribution in [0.25, 0.3) is 0 Å². The maximum Gasteiger partial charge on any atom is 0.241 e. The van der Waals surface area contributed by atoms with E-state index in [9.17, 15) is 4.79 Å². The Hall–Kier alpha value is -2.28. The Bertz CT molecular complexity index is 598. The molecule has 0 unspecified atom stereocenters. The van der Waals surface area contributed by atoms with Crippen LogP contribution in [0.5, 0.6) is 17.2 Å². The first kappa shape index (κ1) is 19.1. The second-order valence-electron chi connectivity index (χ2n) is 5.89. The van der Waals surface area contributed by atoms with Crippen LogP contribution in [0.3, 0.4) is 0 Å². The third-order valence-electron chi connectivity index (χ3n) is 4.23. The molecule has 1 aromatic rings. The molecule has 1 aliphatic rings. The van der Waals surface area contributed by atoms with Crippen LogP contribution in [-0.2, 0) is 4.79 Å². The lowest BCUT2D eigenvalue weighted by Gasteiger charge is -2.25. The Labute approximate surface area is 148 Å². The number of hydrogen-bond acceptors (Lipinski definition) is 6. The number of ether oxygens (including phenoxy) is 3. The van der Waals surface area contributed by atoms with E-state index < -0.39 is 0 Å². The van der Waals surface area contributed by atoms with Crippen LogP contribution < -0.4 is 19.6 Å². The van der Waals surface area contributed by atoms with Crippen molar-refractivity contribution in [2.75, 3.05) is 41.0 Å². The number of nitrogens with zero attached hydrogens (tertiary/aromatic N) is 2. The van der Waals surface area contributed by atoms with Gasteiger partial charge in [0.25, 0.3) is 0 Å². The molecule has 0 radical (unpaired) electrons. The number of amides is 1. The van der Waals surface area contributed by atoms with Crippen molar-refractivity contribution in [1.82, 2.24) is 10.3 Å². The average Bonchev–Trinajstić information content (AvgIpc) is 2.66. The zero-order chi connectivity index (χ0) is 18.1. The van der Waals surface area contributed by atoms with E-state index in [0.717, 1.165) is 19.6 Å². The number of benzene rings is 1. The summed E-state index contributed by atoms with van der Waals surface area (Å²) >= 11 is 0. The van der Waals surface area contributed by atoms with Crippen molar-refractivity contribution in [2.45, 2.75) is 25.7 Å².